The molecule has 18 heavy (non-hydrogen) atoms. The maximum absolute atomic E-state index is 11.5. The molecular formula is C13H16N2O3. The first-order valence-corrected chi connectivity index (χ1v) is 6.12. The Kier molecular flexibility index (Phi) is 2.83. The normalized spacial score (nSPS) is 21.6. The quantitative estimate of drug-likeness (QED) is 0.739. The highest BCUT2D eigenvalue weighted by Crippen LogP contribution is 2.35. The lowest BCUT2D eigenvalue weighted by atomic mass is 10.1. The average molecular weight is 248 g/mol. The molecular weight excluding hydrogens is 232 g/mol. The SMILES string of the molecule is COC(=O)c1ccc2c(c1)OCC1CNCCN21. The lowest BCUT2D eigenvalue weighted by Gasteiger charge is -2.41. The van der Waals surface area contributed by atoms with Crippen LogP contribution in [-0.2, 0) is 4.74 Å². The molecule has 0 amide bonds. The van der Waals surface area contributed by atoms with Crippen molar-refractivity contribution in [2.24, 2.45) is 0 Å². The number of anilines is 1. The molecule has 1 unspecified atom stereocenters. The number of ether oxygens (including phenoxy) is 2. The van der Waals surface area contributed by atoms with E-state index in [-0.39, 0.29) is 5.97 Å². The third-order valence-electron chi connectivity index (χ3n) is 3.47. The van der Waals surface area contributed by atoms with Gasteiger partial charge in [-0.05, 0) is 18.2 Å². The van der Waals surface area contributed by atoms with Gasteiger partial charge in [0.1, 0.15) is 12.4 Å². The molecule has 5 heteroatoms. The Morgan fingerprint density at radius 2 is 2.44 bits per heavy atom. The molecule has 0 saturated carbocycles. The number of hydrogen-bond acceptors (Lipinski definition) is 5. The second kappa shape index (κ2) is 4.49. The van der Waals surface area contributed by atoms with E-state index in [1.165, 1.54) is 7.11 Å². The number of rotatable bonds is 1. The van der Waals surface area contributed by atoms with Gasteiger partial charge < -0.3 is 19.7 Å². The standard InChI is InChI=1S/C13H16N2O3/c1-17-13(16)9-2-3-11-12(6-9)18-8-10-7-14-4-5-15(10)11/h2-3,6,10,14H,4-5,7-8H2,1H3. The van der Waals surface area contributed by atoms with Gasteiger partial charge in [-0.15, -0.1) is 0 Å². The van der Waals surface area contributed by atoms with Crippen molar-refractivity contribution >= 4 is 11.7 Å². The van der Waals surface area contributed by atoms with Gasteiger partial charge in [0, 0.05) is 19.6 Å². The fourth-order valence-corrected chi connectivity index (χ4v) is 2.52. The summed E-state index contributed by atoms with van der Waals surface area (Å²) in [5.74, 6) is 0.444. The van der Waals surface area contributed by atoms with Crippen LogP contribution in [0.5, 0.6) is 5.75 Å². The molecule has 0 radical (unpaired) electrons. The molecule has 2 aliphatic heterocycles. The molecule has 0 bridgehead atoms. The lowest BCUT2D eigenvalue weighted by molar-refractivity contribution is 0.0600. The van der Waals surface area contributed by atoms with Gasteiger partial charge >= 0.3 is 5.97 Å². The summed E-state index contributed by atoms with van der Waals surface area (Å²) in [6.45, 7) is 3.55. The van der Waals surface area contributed by atoms with Gasteiger partial charge in [-0.2, -0.15) is 0 Å². The first kappa shape index (κ1) is 11.3. The van der Waals surface area contributed by atoms with Gasteiger partial charge in [0.15, 0.2) is 0 Å². The Bertz CT molecular complexity index is 475. The first-order valence-electron chi connectivity index (χ1n) is 6.12. The largest absolute Gasteiger partial charge is 0.489 e. The van der Waals surface area contributed by atoms with Crippen molar-refractivity contribution in [2.45, 2.75) is 6.04 Å². The van der Waals surface area contributed by atoms with Crippen molar-refractivity contribution < 1.29 is 14.3 Å². The van der Waals surface area contributed by atoms with Crippen molar-refractivity contribution in [3.8, 4) is 5.75 Å². The van der Waals surface area contributed by atoms with E-state index in [1.54, 1.807) is 12.1 Å². The van der Waals surface area contributed by atoms with E-state index in [2.05, 4.69) is 10.2 Å². The molecule has 0 aromatic heterocycles. The zero-order chi connectivity index (χ0) is 12.5. The summed E-state index contributed by atoms with van der Waals surface area (Å²) in [6, 6.07) is 5.88. The minimum atomic E-state index is -0.330. The summed E-state index contributed by atoms with van der Waals surface area (Å²) in [7, 11) is 1.38. The van der Waals surface area contributed by atoms with Gasteiger partial charge in [-0.1, -0.05) is 0 Å². The summed E-state index contributed by atoms with van der Waals surface area (Å²) in [5.41, 5.74) is 1.60. The molecule has 2 aliphatic rings. The topological polar surface area (TPSA) is 50.8 Å². The molecule has 96 valence electrons. The molecule has 1 N–H and O–H groups in total. The molecule has 0 aliphatic carbocycles. The monoisotopic (exact) mass is 248 g/mol. The Labute approximate surface area is 106 Å². The van der Waals surface area contributed by atoms with Gasteiger partial charge in [-0.3, -0.25) is 0 Å². The van der Waals surface area contributed by atoms with Gasteiger partial charge in [0.25, 0.3) is 0 Å². The van der Waals surface area contributed by atoms with E-state index in [0.29, 0.717) is 18.2 Å². The fourth-order valence-electron chi connectivity index (χ4n) is 2.52. The number of nitrogens with one attached hydrogen (secondary N) is 1. The molecule has 3 rings (SSSR count). The number of methoxy groups -OCH3 is 1. The Balaban J connectivity index is 1.93. The first-order chi connectivity index (χ1) is 8.79. The van der Waals surface area contributed by atoms with E-state index >= 15 is 0 Å². The van der Waals surface area contributed by atoms with E-state index in [9.17, 15) is 4.79 Å². The number of carbonyl (C=O) groups is 1. The Hall–Kier alpha value is -1.75. The van der Waals surface area contributed by atoms with Crippen LogP contribution < -0.4 is 15.0 Å². The summed E-state index contributed by atoms with van der Waals surface area (Å²) in [4.78, 5) is 13.8. The number of benzene rings is 1. The second-order valence-electron chi connectivity index (χ2n) is 4.54. The maximum Gasteiger partial charge on any atom is 0.337 e. The van der Waals surface area contributed by atoms with Crippen LogP contribution in [0.15, 0.2) is 18.2 Å². The van der Waals surface area contributed by atoms with Crippen LogP contribution in [0.25, 0.3) is 0 Å². The number of piperazine rings is 1. The zero-order valence-electron chi connectivity index (χ0n) is 10.3. The number of esters is 1. The van der Waals surface area contributed by atoms with Crippen LogP contribution in [-0.4, -0.2) is 45.4 Å². The van der Waals surface area contributed by atoms with E-state index in [4.69, 9.17) is 9.47 Å². The maximum atomic E-state index is 11.5. The highest BCUT2D eigenvalue weighted by Gasteiger charge is 2.30. The van der Waals surface area contributed by atoms with E-state index in [1.807, 2.05) is 6.07 Å². The van der Waals surface area contributed by atoms with Gasteiger partial charge in [-0.25, -0.2) is 4.79 Å². The van der Waals surface area contributed by atoms with E-state index in [0.717, 1.165) is 31.1 Å². The molecule has 1 saturated heterocycles. The van der Waals surface area contributed by atoms with Gasteiger partial charge in [0.2, 0.25) is 0 Å². The van der Waals surface area contributed by atoms with Crippen LogP contribution in [0.1, 0.15) is 10.4 Å². The highest BCUT2D eigenvalue weighted by atomic mass is 16.5. The Morgan fingerprint density at radius 3 is 3.28 bits per heavy atom. The van der Waals surface area contributed by atoms with Crippen molar-refractivity contribution in [2.75, 3.05) is 38.3 Å². The summed E-state index contributed by atoms with van der Waals surface area (Å²) < 4.78 is 10.5. The van der Waals surface area contributed by atoms with Crippen LogP contribution >= 0.6 is 0 Å². The Morgan fingerprint density at radius 1 is 1.56 bits per heavy atom. The molecule has 2 heterocycles. The van der Waals surface area contributed by atoms with Crippen LogP contribution in [0.3, 0.4) is 0 Å². The predicted octanol–water partition coefficient (Wildman–Crippen LogP) is 0.644. The minimum Gasteiger partial charge on any atom is -0.489 e. The third-order valence-corrected chi connectivity index (χ3v) is 3.47. The van der Waals surface area contributed by atoms with Crippen LogP contribution in [0.2, 0.25) is 0 Å². The molecule has 1 atom stereocenters. The fraction of sp³-hybridized carbons (Fsp3) is 0.462. The third kappa shape index (κ3) is 1.80. The van der Waals surface area contributed by atoms with Crippen molar-refractivity contribution in [3.05, 3.63) is 23.8 Å². The van der Waals surface area contributed by atoms with Crippen molar-refractivity contribution in [3.63, 3.8) is 0 Å². The van der Waals surface area contributed by atoms with Crippen LogP contribution in [0.4, 0.5) is 5.69 Å². The number of hydrogen-bond donors (Lipinski definition) is 1. The molecule has 0 spiro atoms. The highest BCUT2D eigenvalue weighted by molar-refractivity contribution is 5.90. The smallest absolute Gasteiger partial charge is 0.337 e. The van der Waals surface area contributed by atoms with Crippen LogP contribution in [0, 0.1) is 0 Å². The van der Waals surface area contributed by atoms with E-state index < -0.39 is 0 Å². The van der Waals surface area contributed by atoms with Gasteiger partial charge in [0.05, 0.1) is 24.4 Å². The summed E-state index contributed by atoms with van der Waals surface area (Å²) >= 11 is 0. The van der Waals surface area contributed by atoms with Crippen molar-refractivity contribution in [1.82, 2.24) is 5.32 Å². The zero-order valence-corrected chi connectivity index (χ0v) is 10.3. The second-order valence-corrected chi connectivity index (χ2v) is 4.54. The minimum absolute atomic E-state index is 0.330. The average Bonchev–Trinajstić information content (AvgIpc) is 2.45. The summed E-state index contributed by atoms with van der Waals surface area (Å²) in [5, 5.41) is 3.36. The molecule has 1 aromatic carbocycles. The number of nitrogens with zero attached hydrogens (tertiary/aromatic N) is 1. The van der Waals surface area contributed by atoms with Crippen molar-refractivity contribution in [1.29, 1.82) is 0 Å². The number of carbonyl (C=O) groups excluding carboxylic acids is 1. The summed E-state index contributed by atoms with van der Waals surface area (Å²) in [6.07, 6.45) is 0. The lowest BCUT2D eigenvalue weighted by Crippen LogP contribution is -2.55. The predicted molar refractivity (Wildman–Crippen MR) is 67.3 cm³/mol. The number of fused-ring (bicyclic) bond motifs is 3. The molecule has 5 nitrogen and oxygen atoms in total. The molecule has 1 fully saturated rings. The molecule has 1 aromatic rings.